The Morgan fingerprint density at radius 3 is 2.41 bits per heavy atom. The minimum Gasteiger partial charge on any atom is -0.369 e. The van der Waals surface area contributed by atoms with Crippen LogP contribution in [0.3, 0.4) is 0 Å². The van der Waals surface area contributed by atoms with Crippen LogP contribution < -0.4 is 11.5 Å². The molecular formula is C7H7ClN4O4S. The molecule has 17 heavy (non-hydrogen) atoms. The maximum atomic E-state index is 11.5. The van der Waals surface area contributed by atoms with Crippen LogP contribution in [0.5, 0.6) is 0 Å². The van der Waals surface area contributed by atoms with Gasteiger partial charge in [0.2, 0.25) is 5.96 Å². The Morgan fingerprint density at radius 2 is 2.00 bits per heavy atom. The lowest BCUT2D eigenvalue weighted by Gasteiger charge is -2.00. The van der Waals surface area contributed by atoms with Crippen LogP contribution in [0.4, 0.5) is 5.69 Å². The van der Waals surface area contributed by atoms with E-state index in [0.717, 1.165) is 18.2 Å². The van der Waals surface area contributed by atoms with Crippen molar-refractivity contribution in [2.75, 3.05) is 0 Å². The molecule has 0 aliphatic rings. The predicted octanol–water partition coefficient (Wildman–Crippen LogP) is 0.210. The lowest BCUT2D eigenvalue weighted by Crippen LogP contribution is -2.24. The third-order valence-corrected chi connectivity index (χ3v) is 3.24. The van der Waals surface area contributed by atoms with Crippen LogP contribution in [-0.4, -0.2) is 19.3 Å². The third-order valence-electron chi connectivity index (χ3n) is 1.64. The van der Waals surface area contributed by atoms with Gasteiger partial charge in [-0.25, -0.2) is 0 Å². The number of sulfonamides is 1. The number of hydrogen-bond acceptors (Lipinski definition) is 4. The molecule has 0 saturated carbocycles. The number of nitro groups is 1. The fraction of sp³-hybridized carbons (Fsp3) is 0. The zero-order valence-corrected chi connectivity index (χ0v) is 9.77. The summed E-state index contributed by atoms with van der Waals surface area (Å²) in [7, 11) is -4.09. The van der Waals surface area contributed by atoms with Gasteiger partial charge >= 0.3 is 0 Å². The average molecular weight is 279 g/mol. The van der Waals surface area contributed by atoms with Crippen LogP contribution in [0.2, 0.25) is 5.02 Å². The number of halogens is 1. The summed E-state index contributed by atoms with van der Waals surface area (Å²) in [4.78, 5) is 9.40. The van der Waals surface area contributed by atoms with Crippen LogP contribution in [0.1, 0.15) is 0 Å². The van der Waals surface area contributed by atoms with E-state index in [-0.39, 0.29) is 9.92 Å². The number of rotatable bonds is 3. The largest absolute Gasteiger partial charge is 0.369 e. The molecule has 1 aromatic rings. The van der Waals surface area contributed by atoms with Crippen molar-refractivity contribution in [3.8, 4) is 0 Å². The van der Waals surface area contributed by atoms with E-state index >= 15 is 0 Å². The number of nitro benzene ring substituents is 1. The van der Waals surface area contributed by atoms with E-state index in [2.05, 4.69) is 4.40 Å². The van der Waals surface area contributed by atoms with Gasteiger partial charge in [0.05, 0.1) is 9.82 Å². The SMILES string of the molecule is NC(N)=NS(=O)(=O)c1ccc([N+](=O)[O-])c(Cl)c1. The summed E-state index contributed by atoms with van der Waals surface area (Å²) in [6, 6.07) is 2.85. The van der Waals surface area contributed by atoms with Crippen molar-refractivity contribution in [2.24, 2.45) is 15.9 Å². The molecule has 4 N–H and O–H groups in total. The summed E-state index contributed by atoms with van der Waals surface area (Å²) in [6.07, 6.45) is 0. The second kappa shape index (κ2) is 4.55. The van der Waals surface area contributed by atoms with Crippen molar-refractivity contribution < 1.29 is 13.3 Å². The van der Waals surface area contributed by atoms with Gasteiger partial charge in [-0.15, -0.1) is 4.40 Å². The van der Waals surface area contributed by atoms with Crippen molar-refractivity contribution in [3.05, 3.63) is 33.3 Å². The summed E-state index contributed by atoms with van der Waals surface area (Å²) in [5, 5.41) is 10.1. The molecule has 0 saturated heterocycles. The number of nitrogens with zero attached hydrogens (tertiary/aromatic N) is 2. The number of benzene rings is 1. The van der Waals surface area contributed by atoms with Crippen molar-refractivity contribution in [3.63, 3.8) is 0 Å². The van der Waals surface area contributed by atoms with E-state index in [4.69, 9.17) is 23.1 Å². The van der Waals surface area contributed by atoms with Crippen LogP contribution in [-0.2, 0) is 10.0 Å². The molecule has 0 radical (unpaired) electrons. The molecule has 1 rings (SSSR count). The molecule has 0 amide bonds. The number of nitrogens with two attached hydrogens (primary N) is 2. The highest BCUT2D eigenvalue weighted by Crippen LogP contribution is 2.27. The molecule has 1 aromatic carbocycles. The zero-order valence-electron chi connectivity index (χ0n) is 8.20. The first-order chi connectivity index (χ1) is 7.74. The molecule has 0 aliphatic carbocycles. The zero-order chi connectivity index (χ0) is 13.2. The van der Waals surface area contributed by atoms with Crippen LogP contribution >= 0.6 is 11.6 Å². The van der Waals surface area contributed by atoms with Gasteiger partial charge in [0.1, 0.15) is 5.02 Å². The summed E-state index contributed by atoms with van der Waals surface area (Å²) in [5.74, 6) is -0.639. The molecule has 0 unspecified atom stereocenters. The Balaban J connectivity index is 3.33. The van der Waals surface area contributed by atoms with Gasteiger partial charge < -0.3 is 11.5 Å². The first-order valence-electron chi connectivity index (χ1n) is 4.04. The fourth-order valence-electron chi connectivity index (χ4n) is 0.988. The second-order valence-electron chi connectivity index (χ2n) is 2.86. The topological polar surface area (TPSA) is 142 Å². The molecule has 0 fully saturated rings. The molecule has 92 valence electrons. The minimum atomic E-state index is -4.09. The first-order valence-corrected chi connectivity index (χ1v) is 5.85. The van der Waals surface area contributed by atoms with E-state index in [9.17, 15) is 18.5 Å². The Labute approximate surface area is 101 Å². The van der Waals surface area contributed by atoms with Gasteiger partial charge in [-0.3, -0.25) is 10.1 Å². The highest BCUT2D eigenvalue weighted by atomic mass is 35.5. The monoisotopic (exact) mass is 278 g/mol. The standard InChI is InChI=1S/C7H7ClN4O4S/c8-5-3-4(1-2-6(5)12(13)14)17(15,16)11-7(9)10/h1-3H,(H4,9,10,11). The molecule has 0 aliphatic heterocycles. The Kier molecular flexibility index (Phi) is 3.53. The third kappa shape index (κ3) is 3.04. The molecule has 0 heterocycles. The molecule has 0 atom stereocenters. The smallest absolute Gasteiger partial charge is 0.287 e. The van der Waals surface area contributed by atoms with Gasteiger partial charge in [-0.05, 0) is 12.1 Å². The van der Waals surface area contributed by atoms with Crippen molar-refractivity contribution >= 4 is 33.3 Å². The minimum absolute atomic E-state index is 0.318. The first kappa shape index (κ1) is 13.2. The quantitative estimate of drug-likeness (QED) is 0.350. The maximum absolute atomic E-state index is 11.5. The summed E-state index contributed by atoms with van der Waals surface area (Å²) in [6.45, 7) is 0. The Morgan fingerprint density at radius 1 is 1.41 bits per heavy atom. The Hall–Kier alpha value is -1.87. The predicted molar refractivity (Wildman–Crippen MR) is 61.1 cm³/mol. The van der Waals surface area contributed by atoms with Gasteiger partial charge in [0.25, 0.3) is 15.7 Å². The highest BCUT2D eigenvalue weighted by Gasteiger charge is 2.19. The average Bonchev–Trinajstić information content (AvgIpc) is 2.14. The molecule has 8 nitrogen and oxygen atoms in total. The maximum Gasteiger partial charge on any atom is 0.287 e. The summed E-state index contributed by atoms with van der Waals surface area (Å²) in [5.41, 5.74) is 9.47. The fourth-order valence-corrected chi connectivity index (χ4v) is 2.19. The molecule has 0 aromatic heterocycles. The van der Waals surface area contributed by atoms with Gasteiger partial charge in [-0.1, -0.05) is 11.6 Å². The van der Waals surface area contributed by atoms with E-state index in [1.165, 1.54) is 0 Å². The van der Waals surface area contributed by atoms with Crippen LogP contribution in [0, 0.1) is 10.1 Å². The van der Waals surface area contributed by atoms with E-state index in [0.29, 0.717) is 0 Å². The second-order valence-corrected chi connectivity index (χ2v) is 4.87. The lowest BCUT2D eigenvalue weighted by atomic mass is 10.3. The molecule has 0 spiro atoms. The number of hydrogen-bond donors (Lipinski definition) is 2. The van der Waals surface area contributed by atoms with Crippen LogP contribution in [0.15, 0.2) is 27.5 Å². The number of guanidine groups is 1. The van der Waals surface area contributed by atoms with Gasteiger partial charge in [0.15, 0.2) is 0 Å². The van der Waals surface area contributed by atoms with Crippen LogP contribution in [0.25, 0.3) is 0 Å². The Bertz CT molecular complexity index is 594. The van der Waals surface area contributed by atoms with Crippen molar-refractivity contribution in [1.29, 1.82) is 0 Å². The van der Waals surface area contributed by atoms with E-state index in [1.54, 1.807) is 0 Å². The lowest BCUT2D eigenvalue weighted by molar-refractivity contribution is -0.384. The van der Waals surface area contributed by atoms with Gasteiger partial charge in [0, 0.05) is 6.07 Å². The van der Waals surface area contributed by atoms with E-state index < -0.39 is 26.6 Å². The van der Waals surface area contributed by atoms with Crippen molar-refractivity contribution in [2.45, 2.75) is 4.90 Å². The summed E-state index contributed by atoms with van der Waals surface area (Å²) < 4.78 is 26.0. The molecular weight excluding hydrogens is 272 g/mol. The molecule has 0 bridgehead atoms. The van der Waals surface area contributed by atoms with Gasteiger partial charge in [-0.2, -0.15) is 8.42 Å². The summed E-state index contributed by atoms with van der Waals surface area (Å²) >= 11 is 5.55. The highest BCUT2D eigenvalue weighted by molar-refractivity contribution is 7.90. The van der Waals surface area contributed by atoms with Crippen molar-refractivity contribution in [1.82, 2.24) is 0 Å². The normalized spacial score (nSPS) is 10.9. The molecule has 10 heteroatoms. The van der Waals surface area contributed by atoms with E-state index in [1.807, 2.05) is 0 Å².